The molecule has 2 atom stereocenters. The summed E-state index contributed by atoms with van der Waals surface area (Å²) in [5.74, 6) is -2.44. The highest BCUT2D eigenvalue weighted by Crippen LogP contribution is 2.35. The van der Waals surface area contributed by atoms with Crippen molar-refractivity contribution in [1.29, 1.82) is 0 Å². The number of allylic oxidation sites excluding steroid dienone is 3. The molecule has 10 heteroatoms. The molecular formula is C21H14ClF6N3. The summed E-state index contributed by atoms with van der Waals surface area (Å²) in [5.41, 5.74) is -0.312. The van der Waals surface area contributed by atoms with E-state index in [4.69, 9.17) is 11.6 Å². The van der Waals surface area contributed by atoms with Gasteiger partial charge in [-0.05, 0) is 29.5 Å². The van der Waals surface area contributed by atoms with Crippen molar-refractivity contribution in [3.05, 3.63) is 74.0 Å². The lowest BCUT2D eigenvalue weighted by Crippen LogP contribution is -2.26. The third-order valence-electron chi connectivity index (χ3n) is 5.02. The monoisotopic (exact) mass is 457 g/mol. The maximum Gasteiger partial charge on any atom is 0.416 e. The van der Waals surface area contributed by atoms with Gasteiger partial charge in [-0.25, -0.2) is 4.98 Å². The molecule has 0 fully saturated rings. The highest BCUT2D eigenvalue weighted by atomic mass is 35.5. The molecule has 1 N–H and O–H groups in total. The van der Waals surface area contributed by atoms with E-state index in [0.717, 1.165) is 18.2 Å². The lowest BCUT2D eigenvalue weighted by Gasteiger charge is -2.19. The minimum Gasteiger partial charge on any atom is -0.338 e. The minimum absolute atomic E-state index is 0.0958. The average Bonchev–Trinajstić information content (AvgIpc) is 3.11. The Bertz CT molecular complexity index is 1350. The SMILES string of the molecule is CC1C=C(C(F)(F)F)C=c2[nH]c(=c3ccc(=C4N=CC=CC4C(F)(F)F)cc3Cl)nc21. The van der Waals surface area contributed by atoms with E-state index in [1.54, 1.807) is 6.92 Å². The van der Waals surface area contributed by atoms with Crippen LogP contribution in [0.3, 0.4) is 0 Å². The Morgan fingerprint density at radius 3 is 2.48 bits per heavy atom. The molecule has 0 saturated heterocycles. The molecule has 2 heterocycles. The summed E-state index contributed by atoms with van der Waals surface area (Å²) in [6, 6.07) is 4.24. The standard InChI is InChI=1S/C21H14ClF6N3/c1-10-7-12(20(23,24)25)9-16-17(10)31-19(30-16)13-5-4-11(8-15(13)22)18-14(21(26,27)28)3-2-6-29-18/h2-10,14,30H,1H3. The summed E-state index contributed by atoms with van der Waals surface area (Å²) in [6.07, 6.45) is -3.44. The van der Waals surface area contributed by atoms with E-state index >= 15 is 0 Å². The van der Waals surface area contributed by atoms with Gasteiger partial charge in [-0.3, -0.25) is 4.99 Å². The van der Waals surface area contributed by atoms with Crippen molar-refractivity contribution in [2.24, 2.45) is 10.9 Å². The number of aromatic nitrogens is 2. The van der Waals surface area contributed by atoms with E-state index in [2.05, 4.69) is 15.0 Å². The zero-order chi connectivity index (χ0) is 22.6. The first-order valence-electron chi connectivity index (χ1n) is 9.13. The molecule has 1 aromatic carbocycles. The zero-order valence-electron chi connectivity index (χ0n) is 15.8. The second-order valence-corrected chi connectivity index (χ2v) is 7.61. The molecule has 0 bridgehead atoms. The molecule has 1 aliphatic heterocycles. The van der Waals surface area contributed by atoms with Gasteiger partial charge in [-0.2, -0.15) is 26.3 Å². The topological polar surface area (TPSA) is 41.0 Å². The molecule has 0 radical (unpaired) electrons. The lowest BCUT2D eigenvalue weighted by atomic mass is 9.98. The third kappa shape index (κ3) is 4.06. The molecule has 1 aliphatic carbocycles. The van der Waals surface area contributed by atoms with Gasteiger partial charge in [0, 0.05) is 17.4 Å². The number of hydrogen-bond donors (Lipinski definition) is 1. The van der Waals surface area contributed by atoms with Gasteiger partial charge in [-0.1, -0.05) is 36.7 Å². The van der Waals surface area contributed by atoms with Crippen LogP contribution in [0, 0.1) is 16.6 Å². The number of alkyl halides is 6. The predicted octanol–water partition coefficient (Wildman–Crippen LogP) is 4.66. The Labute approximate surface area is 176 Å². The van der Waals surface area contributed by atoms with Crippen LogP contribution in [-0.4, -0.2) is 28.5 Å². The number of aliphatic imine (C=N–C) groups is 1. The van der Waals surface area contributed by atoms with Crippen LogP contribution in [0.25, 0.3) is 11.8 Å². The van der Waals surface area contributed by atoms with Crippen molar-refractivity contribution >= 4 is 29.6 Å². The van der Waals surface area contributed by atoms with E-state index in [0.29, 0.717) is 10.9 Å². The normalized spacial score (nSPS) is 23.9. The average molecular weight is 458 g/mol. The first kappa shape index (κ1) is 21.4. The first-order valence-corrected chi connectivity index (χ1v) is 9.51. The number of imidazole rings is 1. The van der Waals surface area contributed by atoms with Crippen LogP contribution in [0.15, 0.2) is 47.0 Å². The maximum absolute atomic E-state index is 13.3. The van der Waals surface area contributed by atoms with E-state index in [-0.39, 0.29) is 26.8 Å². The molecule has 31 heavy (non-hydrogen) atoms. The molecule has 162 valence electrons. The number of H-pyrrole nitrogens is 1. The number of halogens is 7. The van der Waals surface area contributed by atoms with E-state index < -0.39 is 29.8 Å². The van der Waals surface area contributed by atoms with Crippen LogP contribution in [-0.2, 0) is 0 Å². The van der Waals surface area contributed by atoms with Gasteiger partial charge in [0.25, 0.3) is 0 Å². The number of nitrogens with one attached hydrogen (secondary N) is 1. The summed E-state index contributed by atoms with van der Waals surface area (Å²) in [6.45, 7) is 1.59. The molecule has 1 aromatic heterocycles. The third-order valence-corrected chi connectivity index (χ3v) is 5.33. The molecule has 4 rings (SSSR count). The fourth-order valence-electron chi connectivity index (χ4n) is 3.55. The smallest absolute Gasteiger partial charge is 0.338 e. The highest BCUT2D eigenvalue weighted by molar-refractivity contribution is 6.30. The second-order valence-electron chi connectivity index (χ2n) is 7.20. The molecular weight excluding hydrogens is 444 g/mol. The Balaban J connectivity index is 1.90. The molecule has 2 aromatic rings. The zero-order valence-corrected chi connectivity index (χ0v) is 16.6. The van der Waals surface area contributed by atoms with Gasteiger partial charge in [0.1, 0.15) is 11.4 Å². The van der Waals surface area contributed by atoms with Gasteiger partial charge < -0.3 is 4.98 Å². The van der Waals surface area contributed by atoms with Crippen LogP contribution in [0.5, 0.6) is 0 Å². The summed E-state index contributed by atoms with van der Waals surface area (Å²) in [5, 5.41) is 0.854. The summed E-state index contributed by atoms with van der Waals surface area (Å²) in [4.78, 5) is 11.1. The Morgan fingerprint density at radius 2 is 1.84 bits per heavy atom. The molecule has 2 unspecified atom stereocenters. The highest BCUT2D eigenvalue weighted by Gasteiger charge is 2.41. The number of benzene rings is 1. The fraction of sp³-hybridized carbons (Fsp3) is 0.238. The van der Waals surface area contributed by atoms with Gasteiger partial charge in [0.05, 0.1) is 27.3 Å². The van der Waals surface area contributed by atoms with Crippen LogP contribution >= 0.6 is 11.6 Å². The largest absolute Gasteiger partial charge is 0.416 e. The summed E-state index contributed by atoms with van der Waals surface area (Å²) >= 11 is 6.32. The molecule has 0 spiro atoms. The molecule has 0 saturated carbocycles. The number of hydrogen-bond acceptors (Lipinski definition) is 2. The summed E-state index contributed by atoms with van der Waals surface area (Å²) in [7, 11) is 0. The summed E-state index contributed by atoms with van der Waals surface area (Å²) < 4.78 is 79.2. The van der Waals surface area contributed by atoms with E-state index in [1.807, 2.05) is 0 Å². The lowest BCUT2D eigenvalue weighted by molar-refractivity contribution is -0.146. The van der Waals surface area contributed by atoms with Crippen molar-refractivity contribution in [3.63, 3.8) is 0 Å². The minimum atomic E-state index is -4.51. The molecule has 2 aliphatic rings. The first-order chi connectivity index (χ1) is 14.4. The van der Waals surface area contributed by atoms with E-state index in [1.165, 1.54) is 30.5 Å². The number of aromatic amines is 1. The predicted molar refractivity (Wildman–Crippen MR) is 105 cm³/mol. The Hall–Kier alpha value is -2.81. The maximum atomic E-state index is 13.3. The van der Waals surface area contributed by atoms with Crippen molar-refractivity contribution < 1.29 is 26.3 Å². The van der Waals surface area contributed by atoms with Crippen molar-refractivity contribution in [2.45, 2.75) is 25.2 Å². The molecule has 3 nitrogen and oxygen atoms in total. The Morgan fingerprint density at radius 1 is 1.10 bits per heavy atom. The van der Waals surface area contributed by atoms with Gasteiger partial charge in [0.15, 0.2) is 0 Å². The second kappa shape index (κ2) is 7.40. The van der Waals surface area contributed by atoms with Crippen molar-refractivity contribution in [1.82, 2.24) is 9.97 Å². The quantitative estimate of drug-likeness (QED) is 0.574. The number of rotatable bonds is 0. The van der Waals surface area contributed by atoms with Crippen LogP contribution in [0.1, 0.15) is 18.5 Å². The van der Waals surface area contributed by atoms with Crippen LogP contribution < -0.4 is 10.6 Å². The number of dihydropyridines is 1. The number of fused-ring (bicyclic) bond motifs is 1. The molecule has 0 amide bonds. The van der Waals surface area contributed by atoms with Gasteiger partial charge in [-0.15, -0.1) is 0 Å². The Kier molecular flexibility index (Phi) is 5.12. The van der Waals surface area contributed by atoms with Crippen molar-refractivity contribution in [2.75, 3.05) is 0 Å². The van der Waals surface area contributed by atoms with Crippen molar-refractivity contribution in [3.8, 4) is 0 Å². The van der Waals surface area contributed by atoms with Gasteiger partial charge >= 0.3 is 12.4 Å². The fourth-order valence-corrected chi connectivity index (χ4v) is 3.82. The van der Waals surface area contributed by atoms with Crippen LogP contribution in [0.4, 0.5) is 26.3 Å². The van der Waals surface area contributed by atoms with Gasteiger partial charge in [0.2, 0.25) is 0 Å². The van der Waals surface area contributed by atoms with Crippen LogP contribution in [0.2, 0.25) is 5.02 Å². The number of nitrogens with zero attached hydrogens (tertiary/aromatic N) is 2. The van der Waals surface area contributed by atoms with E-state index in [9.17, 15) is 26.3 Å².